The zero-order valence-electron chi connectivity index (χ0n) is 8.22. The average molecular weight is 157 g/mol. The van der Waals surface area contributed by atoms with Crippen LogP contribution >= 0.6 is 0 Å². The number of nitrogens with zero attached hydrogens (tertiary/aromatic N) is 1. The van der Waals surface area contributed by atoms with Crippen LogP contribution in [-0.4, -0.2) is 38.3 Å². The van der Waals surface area contributed by atoms with Crippen molar-refractivity contribution in [1.82, 2.24) is 5.32 Å². The smallest absolute Gasteiger partial charge is 0.142 e. The lowest BCUT2D eigenvalue weighted by atomic mass is 10.3. The second-order valence-corrected chi connectivity index (χ2v) is 3.74. The van der Waals surface area contributed by atoms with E-state index < -0.39 is 0 Å². The molecule has 0 fully saturated rings. The Hall–Kier alpha value is -0.340. The van der Waals surface area contributed by atoms with Gasteiger partial charge in [0.05, 0.1) is 21.1 Å². The number of hydrogen-bond donors (Lipinski definition) is 1. The Labute approximate surface area is 70.5 Å². The molecule has 0 aliphatic heterocycles. The molecule has 1 unspecified atom stereocenters. The molecular formula is C9H21N2+. The van der Waals surface area contributed by atoms with Gasteiger partial charge in [-0.05, 0) is 0 Å². The van der Waals surface area contributed by atoms with Gasteiger partial charge in [0.25, 0.3) is 0 Å². The molecule has 11 heavy (non-hydrogen) atoms. The minimum atomic E-state index is 0.535. The molecule has 2 heteroatoms. The predicted octanol–water partition coefficient (Wildman–Crippen LogP) is 1.20. The van der Waals surface area contributed by atoms with E-state index in [0.29, 0.717) is 6.17 Å². The molecule has 0 spiro atoms. The van der Waals surface area contributed by atoms with Gasteiger partial charge in [-0.2, -0.15) is 0 Å². The lowest BCUT2D eigenvalue weighted by molar-refractivity contribution is -0.899. The van der Waals surface area contributed by atoms with Crippen LogP contribution < -0.4 is 5.32 Å². The molecule has 0 amide bonds. The fourth-order valence-corrected chi connectivity index (χ4v) is 1.19. The monoisotopic (exact) mass is 157 g/mol. The molecule has 0 bridgehead atoms. The zero-order chi connectivity index (χ0) is 8.91. The van der Waals surface area contributed by atoms with Gasteiger partial charge in [-0.3, -0.25) is 5.32 Å². The van der Waals surface area contributed by atoms with Crippen molar-refractivity contribution in [1.29, 1.82) is 0 Å². The highest BCUT2D eigenvalue weighted by Crippen LogP contribution is 2.02. The third kappa shape index (κ3) is 4.17. The summed E-state index contributed by atoms with van der Waals surface area (Å²) in [7, 11) is 6.60. The van der Waals surface area contributed by atoms with E-state index in [1.807, 2.05) is 6.08 Å². The summed E-state index contributed by atoms with van der Waals surface area (Å²) >= 11 is 0. The second kappa shape index (κ2) is 4.52. The molecule has 1 atom stereocenters. The quantitative estimate of drug-likeness (QED) is 0.359. The van der Waals surface area contributed by atoms with E-state index >= 15 is 0 Å². The second-order valence-electron chi connectivity index (χ2n) is 3.74. The van der Waals surface area contributed by atoms with Crippen LogP contribution in [0.5, 0.6) is 0 Å². The highest BCUT2D eigenvalue weighted by atomic mass is 15.4. The van der Waals surface area contributed by atoms with Crippen LogP contribution in [0.15, 0.2) is 12.7 Å². The van der Waals surface area contributed by atoms with E-state index in [9.17, 15) is 0 Å². The normalized spacial score (nSPS) is 14.5. The Bertz CT molecular complexity index is 113. The van der Waals surface area contributed by atoms with Gasteiger partial charge in [0.2, 0.25) is 0 Å². The van der Waals surface area contributed by atoms with Gasteiger partial charge in [0, 0.05) is 13.0 Å². The first-order chi connectivity index (χ1) is 5.02. The first-order valence-electron chi connectivity index (χ1n) is 4.17. The lowest BCUT2D eigenvalue weighted by Crippen LogP contribution is -2.53. The van der Waals surface area contributed by atoms with Crippen molar-refractivity contribution in [2.24, 2.45) is 0 Å². The van der Waals surface area contributed by atoms with Crippen LogP contribution in [0.1, 0.15) is 13.3 Å². The van der Waals surface area contributed by atoms with Gasteiger partial charge in [0.15, 0.2) is 0 Å². The van der Waals surface area contributed by atoms with E-state index in [1.165, 1.54) is 0 Å². The predicted molar refractivity (Wildman–Crippen MR) is 50.3 cm³/mol. The summed E-state index contributed by atoms with van der Waals surface area (Å²) in [4.78, 5) is 0. The number of nitrogens with one attached hydrogen (secondary N) is 1. The Morgan fingerprint density at radius 1 is 1.45 bits per heavy atom. The number of hydrogen-bond acceptors (Lipinski definition) is 1. The van der Waals surface area contributed by atoms with Gasteiger partial charge < -0.3 is 4.48 Å². The molecule has 0 aromatic carbocycles. The topological polar surface area (TPSA) is 12.0 Å². The molecular weight excluding hydrogens is 136 g/mol. The van der Waals surface area contributed by atoms with Crippen LogP contribution in [0.2, 0.25) is 0 Å². The van der Waals surface area contributed by atoms with Crippen LogP contribution in [0, 0.1) is 0 Å². The molecule has 0 aliphatic carbocycles. The summed E-state index contributed by atoms with van der Waals surface area (Å²) in [5.41, 5.74) is 0. The van der Waals surface area contributed by atoms with Crippen LogP contribution in [0.25, 0.3) is 0 Å². The van der Waals surface area contributed by atoms with E-state index in [4.69, 9.17) is 0 Å². The zero-order valence-corrected chi connectivity index (χ0v) is 8.22. The molecule has 0 radical (unpaired) electrons. The van der Waals surface area contributed by atoms with Gasteiger partial charge in [-0.25, -0.2) is 0 Å². The Balaban J connectivity index is 3.85. The summed E-state index contributed by atoms with van der Waals surface area (Å²) < 4.78 is 0.963. The van der Waals surface area contributed by atoms with Crippen molar-refractivity contribution in [3.63, 3.8) is 0 Å². The van der Waals surface area contributed by atoms with Gasteiger partial charge in [0.1, 0.15) is 6.17 Å². The maximum atomic E-state index is 3.68. The molecule has 0 aliphatic rings. The molecule has 2 nitrogen and oxygen atoms in total. The summed E-state index contributed by atoms with van der Waals surface area (Å²) in [5.74, 6) is 0. The number of rotatable bonds is 5. The van der Waals surface area contributed by atoms with Crippen molar-refractivity contribution in [3.05, 3.63) is 12.7 Å². The van der Waals surface area contributed by atoms with Gasteiger partial charge >= 0.3 is 0 Å². The van der Waals surface area contributed by atoms with E-state index in [-0.39, 0.29) is 0 Å². The number of quaternary nitrogens is 1. The Morgan fingerprint density at radius 2 is 2.00 bits per heavy atom. The largest absolute Gasteiger partial charge is 0.316 e. The van der Waals surface area contributed by atoms with Gasteiger partial charge in [-0.15, -0.1) is 6.58 Å². The summed E-state index contributed by atoms with van der Waals surface area (Å²) in [6.45, 7) is 6.78. The molecule has 0 saturated carbocycles. The molecule has 0 aromatic heterocycles. The minimum absolute atomic E-state index is 0.535. The third-order valence-electron chi connectivity index (χ3n) is 1.82. The van der Waals surface area contributed by atoms with E-state index in [1.54, 1.807) is 0 Å². The minimum Gasteiger partial charge on any atom is -0.316 e. The fourth-order valence-electron chi connectivity index (χ4n) is 1.19. The van der Waals surface area contributed by atoms with Crippen molar-refractivity contribution >= 4 is 0 Å². The average Bonchev–Trinajstić information content (AvgIpc) is 1.87. The first kappa shape index (κ1) is 10.7. The van der Waals surface area contributed by atoms with Crippen LogP contribution in [-0.2, 0) is 0 Å². The maximum absolute atomic E-state index is 3.68. The highest BCUT2D eigenvalue weighted by Gasteiger charge is 2.19. The van der Waals surface area contributed by atoms with Gasteiger partial charge in [-0.1, -0.05) is 13.0 Å². The van der Waals surface area contributed by atoms with Crippen molar-refractivity contribution in [3.8, 4) is 0 Å². The van der Waals surface area contributed by atoms with Crippen molar-refractivity contribution in [2.75, 3.05) is 27.7 Å². The fraction of sp³-hybridized carbons (Fsp3) is 0.778. The summed E-state index contributed by atoms with van der Waals surface area (Å²) in [6, 6.07) is 0. The Morgan fingerprint density at radius 3 is 2.27 bits per heavy atom. The molecule has 0 rings (SSSR count). The first-order valence-corrected chi connectivity index (χ1v) is 4.17. The van der Waals surface area contributed by atoms with E-state index in [2.05, 4.69) is 40.0 Å². The molecule has 0 heterocycles. The van der Waals surface area contributed by atoms with Crippen molar-refractivity contribution in [2.45, 2.75) is 19.5 Å². The summed E-state index contributed by atoms with van der Waals surface area (Å²) in [5, 5.41) is 3.41. The van der Waals surface area contributed by atoms with Crippen LogP contribution in [0.4, 0.5) is 0 Å². The molecule has 0 aromatic rings. The third-order valence-corrected chi connectivity index (χ3v) is 1.82. The lowest BCUT2D eigenvalue weighted by Gasteiger charge is -2.33. The molecule has 66 valence electrons. The standard InChI is InChI=1S/C9H21N2/c1-6-8-10-9(7-2)11(3,4)5/h6,9-10H,1,7-8H2,2-5H3/q+1. The summed E-state index contributed by atoms with van der Waals surface area (Å²) in [6.07, 6.45) is 3.59. The maximum Gasteiger partial charge on any atom is 0.142 e. The Kier molecular flexibility index (Phi) is 4.38. The SMILES string of the molecule is C=CCNC(CC)[N+](C)(C)C. The highest BCUT2D eigenvalue weighted by molar-refractivity contribution is 4.70. The van der Waals surface area contributed by atoms with Crippen LogP contribution in [0.3, 0.4) is 0 Å². The van der Waals surface area contributed by atoms with E-state index in [0.717, 1.165) is 17.4 Å². The molecule has 1 N–H and O–H groups in total. The van der Waals surface area contributed by atoms with Crippen molar-refractivity contribution < 1.29 is 4.48 Å². The molecule has 0 saturated heterocycles.